The molecule has 2 nitrogen and oxygen atoms in total. The standard InChI is InChI=1S/C11H25NO/c1-5-8-12-11(10(3)4)7-9-13-6-2/h10-12H,5-9H2,1-4H3. The fourth-order valence-corrected chi connectivity index (χ4v) is 1.36. The third-order valence-electron chi connectivity index (χ3n) is 2.24. The van der Waals surface area contributed by atoms with E-state index in [1.54, 1.807) is 0 Å². The van der Waals surface area contributed by atoms with E-state index in [1.807, 2.05) is 6.92 Å². The molecule has 0 aliphatic heterocycles. The first kappa shape index (κ1) is 12.9. The highest BCUT2D eigenvalue weighted by molar-refractivity contribution is 4.69. The average molecular weight is 187 g/mol. The molecule has 1 unspecified atom stereocenters. The smallest absolute Gasteiger partial charge is 0.0480 e. The Morgan fingerprint density at radius 2 is 1.92 bits per heavy atom. The molecule has 0 aliphatic carbocycles. The molecule has 0 aromatic carbocycles. The summed E-state index contributed by atoms with van der Waals surface area (Å²) in [5.74, 6) is 0.701. The minimum atomic E-state index is 0.617. The van der Waals surface area contributed by atoms with Gasteiger partial charge in [0.1, 0.15) is 0 Å². The van der Waals surface area contributed by atoms with Gasteiger partial charge in [0.05, 0.1) is 0 Å². The van der Waals surface area contributed by atoms with Crippen molar-refractivity contribution in [3.05, 3.63) is 0 Å². The number of hydrogen-bond donors (Lipinski definition) is 1. The van der Waals surface area contributed by atoms with E-state index in [2.05, 4.69) is 26.1 Å². The zero-order chi connectivity index (χ0) is 10.1. The lowest BCUT2D eigenvalue weighted by Gasteiger charge is -2.21. The van der Waals surface area contributed by atoms with Gasteiger partial charge in [0.2, 0.25) is 0 Å². The van der Waals surface area contributed by atoms with E-state index < -0.39 is 0 Å². The van der Waals surface area contributed by atoms with Crippen LogP contribution in [-0.4, -0.2) is 25.8 Å². The molecule has 1 N–H and O–H groups in total. The van der Waals surface area contributed by atoms with Gasteiger partial charge in [0.25, 0.3) is 0 Å². The van der Waals surface area contributed by atoms with Crippen molar-refractivity contribution in [2.45, 2.75) is 46.6 Å². The lowest BCUT2D eigenvalue weighted by Crippen LogP contribution is -2.35. The van der Waals surface area contributed by atoms with Crippen molar-refractivity contribution in [1.29, 1.82) is 0 Å². The molecule has 0 bridgehead atoms. The first-order chi connectivity index (χ1) is 6.22. The zero-order valence-electron chi connectivity index (χ0n) is 9.60. The van der Waals surface area contributed by atoms with Crippen molar-refractivity contribution in [2.75, 3.05) is 19.8 Å². The Morgan fingerprint density at radius 3 is 2.38 bits per heavy atom. The van der Waals surface area contributed by atoms with Crippen LogP contribution in [0.25, 0.3) is 0 Å². The molecule has 0 aromatic rings. The van der Waals surface area contributed by atoms with Crippen LogP contribution in [0.4, 0.5) is 0 Å². The molecule has 0 saturated carbocycles. The normalized spacial score (nSPS) is 13.6. The molecule has 0 saturated heterocycles. The van der Waals surface area contributed by atoms with Crippen LogP contribution in [0.1, 0.15) is 40.5 Å². The van der Waals surface area contributed by atoms with E-state index in [9.17, 15) is 0 Å². The third-order valence-corrected chi connectivity index (χ3v) is 2.24. The SMILES string of the molecule is CCCNC(CCOCC)C(C)C. The van der Waals surface area contributed by atoms with Gasteiger partial charge in [-0.25, -0.2) is 0 Å². The summed E-state index contributed by atoms with van der Waals surface area (Å²) in [6.45, 7) is 11.6. The van der Waals surface area contributed by atoms with Crippen molar-refractivity contribution in [2.24, 2.45) is 5.92 Å². The Morgan fingerprint density at radius 1 is 1.23 bits per heavy atom. The van der Waals surface area contributed by atoms with Crippen LogP contribution in [0.5, 0.6) is 0 Å². The summed E-state index contributed by atoms with van der Waals surface area (Å²) >= 11 is 0. The largest absolute Gasteiger partial charge is 0.382 e. The Labute approximate surface area is 83.1 Å². The minimum Gasteiger partial charge on any atom is -0.382 e. The molecule has 80 valence electrons. The van der Waals surface area contributed by atoms with Gasteiger partial charge < -0.3 is 10.1 Å². The Bertz CT molecular complexity index is 104. The lowest BCUT2D eigenvalue weighted by atomic mass is 10.0. The van der Waals surface area contributed by atoms with E-state index in [0.29, 0.717) is 12.0 Å². The van der Waals surface area contributed by atoms with Crippen molar-refractivity contribution in [3.8, 4) is 0 Å². The molecule has 0 amide bonds. The van der Waals surface area contributed by atoms with Crippen LogP contribution in [-0.2, 0) is 4.74 Å². The van der Waals surface area contributed by atoms with Gasteiger partial charge in [0.15, 0.2) is 0 Å². The summed E-state index contributed by atoms with van der Waals surface area (Å²) in [5.41, 5.74) is 0. The summed E-state index contributed by atoms with van der Waals surface area (Å²) in [5, 5.41) is 3.55. The maximum absolute atomic E-state index is 5.35. The van der Waals surface area contributed by atoms with E-state index in [1.165, 1.54) is 6.42 Å². The number of ether oxygens (including phenoxy) is 1. The van der Waals surface area contributed by atoms with Crippen molar-refractivity contribution in [1.82, 2.24) is 5.32 Å². The Kier molecular flexibility index (Phi) is 8.46. The topological polar surface area (TPSA) is 21.3 Å². The second kappa shape index (κ2) is 8.52. The van der Waals surface area contributed by atoms with Crippen LogP contribution >= 0.6 is 0 Å². The number of hydrogen-bond acceptors (Lipinski definition) is 2. The molecule has 0 aromatic heterocycles. The molecule has 0 fully saturated rings. The van der Waals surface area contributed by atoms with E-state index >= 15 is 0 Å². The van der Waals surface area contributed by atoms with E-state index in [4.69, 9.17) is 4.74 Å². The highest BCUT2D eigenvalue weighted by Gasteiger charge is 2.11. The average Bonchev–Trinajstić information content (AvgIpc) is 2.10. The predicted octanol–water partition coefficient (Wildman–Crippen LogP) is 2.44. The molecule has 2 heteroatoms. The van der Waals surface area contributed by atoms with Crippen LogP contribution in [0, 0.1) is 5.92 Å². The van der Waals surface area contributed by atoms with E-state index in [0.717, 1.165) is 26.2 Å². The van der Waals surface area contributed by atoms with Crippen molar-refractivity contribution < 1.29 is 4.74 Å². The Balaban J connectivity index is 3.54. The van der Waals surface area contributed by atoms with Crippen molar-refractivity contribution >= 4 is 0 Å². The lowest BCUT2D eigenvalue weighted by molar-refractivity contribution is 0.130. The third kappa shape index (κ3) is 7.03. The summed E-state index contributed by atoms with van der Waals surface area (Å²) in [4.78, 5) is 0. The molecule has 0 rings (SSSR count). The summed E-state index contributed by atoms with van der Waals surface area (Å²) in [7, 11) is 0. The van der Waals surface area contributed by atoms with Gasteiger partial charge in [-0.3, -0.25) is 0 Å². The molecule has 1 atom stereocenters. The van der Waals surface area contributed by atoms with Crippen LogP contribution in [0.15, 0.2) is 0 Å². The van der Waals surface area contributed by atoms with Gasteiger partial charge in [-0.2, -0.15) is 0 Å². The predicted molar refractivity (Wildman–Crippen MR) is 58.0 cm³/mol. The van der Waals surface area contributed by atoms with Crippen molar-refractivity contribution in [3.63, 3.8) is 0 Å². The molecule has 0 radical (unpaired) electrons. The highest BCUT2D eigenvalue weighted by Crippen LogP contribution is 2.06. The fourth-order valence-electron chi connectivity index (χ4n) is 1.36. The summed E-state index contributed by atoms with van der Waals surface area (Å²) < 4.78 is 5.35. The fraction of sp³-hybridized carbons (Fsp3) is 1.00. The summed E-state index contributed by atoms with van der Waals surface area (Å²) in [6, 6.07) is 0.617. The number of rotatable bonds is 8. The minimum absolute atomic E-state index is 0.617. The monoisotopic (exact) mass is 187 g/mol. The number of nitrogens with one attached hydrogen (secondary N) is 1. The molecule has 0 heterocycles. The second-order valence-electron chi connectivity index (χ2n) is 3.79. The van der Waals surface area contributed by atoms with Crippen LogP contribution < -0.4 is 5.32 Å². The zero-order valence-corrected chi connectivity index (χ0v) is 9.60. The molecule has 0 spiro atoms. The van der Waals surface area contributed by atoms with Gasteiger partial charge in [-0.1, -0.05) is 20.8 Å². The highest BCUT2D eigenvalue weighted by atomic mass is 16.5. The summed E-state index contributed by atoms with van der Waals surface area (Å²) in [6.07, 6.45) is 2.34. The molecule has 0 aliphatic rings. The molecular formula is C11H25NO. The second-order valence-corrected chi connectivity index (χ2v) is 3.79. The maximum atomic E-state index is 5.35. The quantitative estimate of drug-likeness (QED) is 0.589. The van der Waals surface area contributed by atoms with E-state index in [-0.39, 0.29) is 0 Å². The van der Waals surface area contributed by atoms with Crippen LogP contribution in [0.3, 0.4) is 0 Å². The molecule has 13 heavy (non-hydrogen) atoms. The van der Waals surface area contributed by atoms with Gasteiger partial charge in [-0.05, 0) is 32.2 Å². The first-order valence-corrected chi connectivity index (χ1v) is 5.53. The molecular weight excluding hydrogens is 162 g/mol. The first-order valence-electron chi connectivity index (χ1n) is 5.53. The van der Waals surface area contributed by atoms with Crippen LogP contribution in [0.2, 0.25) is 0 Å². The van der Waals surface area contributed by atoms with Gasteiger partial charge in [0, 0.05) is 19.3 Å². The Hall–Kier alpha value is -0.0800. The maximum Gasteiger partial charge on any atom is 0.0480 e. The van der Waals surface area contributed by atoms with Gasteiger partial charge in [-0.15, -0.1) is 0 Å². The van der Waals surface area contributed by atoms with Gasteiger partial charge >= 0.3 is 0 Å².